The third-order valence-corrected chi connectivity index (χ3v) is 2.14. The third-order valence-electron chi connectivity index (χ3n) is 2.14. The molecule has 1 heterocycles. The van der Waals surface area contributed by atoms with E-state index in [0.717, 1.165) is 0 Å². The summed E-state index contributed by atoms with van der Waals surface area (Å²) in [4.78, 5) is 0. The highest BCUT2D eigenvalue weighted by Crippen LogP contribution is 2.32. The van der Waals surface area contributed by atoms with Gasteiger partial charge in [0.25, 0.3) is 0 Å². The highest BCUT2D eigenvalue weighted by Gasteiger charge is 2.36. The van der Waals surface area contributed by atoms with Gasteiger partial charge in [0.2, 0.25) is 0 Å². The van der Waals surface area contributed by atoms with Gasteiger partial charge in [-0.15, -0.1) is 0 Å². The molecule has 2 N–H and O–H groups in total. The van der Waals surface area contributed by atoms with Gasteiger partial charge in [0, 0.05) is 6.54 Å². The number of alkyl halides is 1. The first-order chi connectivity index (χ1) is 5.61. The predicted octanol–water partition coefficient (Wildman–Crippen LogP) is 2.06. The molecule has 1 unspecified atom stereocenters. The van der Waals surface area contributed by atoms with Crippen LogP contribution in [-0.2, 0) is 5.67 Å². The smallest absolute Gasteiger partial charge is 0.182 e. The minimum absolute atomic E-state index is 0.0435. The van der Waals surface area contributed by atoms with E-state index in [0.29, 0.717) is 5.76 Å². The van der Waals surface area contributed by atoms with Crippen molar-refractivity contribution in [1.82, 2.24) is 0 Å². The number of halogens is 1. The fourth-order valence-corrected chi connectivity index (χ4v) is 1.14. The summed E-state index contributed by atoms with van der Waals surface area (Å²) in [6.07, 6.45) is 1.46. The normalized spacial score (nSPS) is 16.4. The van der Waals surface area contributed by atoms with Gasteiger partial charge in [-0.25, -0.2) is 4.39 Å². The van der Waals surface area contributed by atoms with Crippen molar-refractivity contribution in [2.24, 2.45) is 11.7 Å². The summed E-state index contributed by atoms with van der Waals surface area (Å²) in [6.45, 7) is 3.53. The molecule has 0 aliphatic rings. The van der Waals surface area contributed by atoms with E-state index in [1.165, 1.54) is 6.26 Å². The van der Waals surface area contributed by atoms with Gasteiger partial charge in [0.1, 0.15) is 5.76 Å². The van der Waals surface area contributed by atoms with Crippen LogP contribution in [0.3, 0.4) is 0 Å². The van der Waals surface area contributed by atoms with Crippen LogP contribution in [0, 0.1) is 5.92 Å². The molecule has 0 saturated carbocycles. The van der Waals surface area contributed by atoms with Crippen LogP contribution in [0.4, 0.5) is 4.39 Å². The zero-order valence-corrected chi connectivity index (χ0v) is 7.38. The third kappa shape index (κ3) is 1.37. The molecule has 1 aromatic heterocycles. The first-order valence-corrected chi connectivity index (χ1v) is 4.04. The Balaban J connectivity index is 2.96. The van der Waals surface area contributed by atoms with Crippen LogP contribution in [0.2, 0.25) is 0 Å². The summed E-state index contributed by atoms with van der Waals surface area (Å²) < 4.78 is 19.0. The molecule has 68 valence electrons. The van der Waals surface area contributed by atoms with E-state index in [1.54, 1.807) is 26.0 Å². The fraction of sp³-hybridized carbons (Fsp3) is 0.556. The monoisotopic (exact) mass is 171 g/mol. The van der Waals surface area contributed by atoms with Crippen LogP contribution in [0.5, 0.6) is 0 Å². The second-order valence-corrected chi connectivity index (χ2v) is 3.20. The Hall–Kier alpha value is -0.830. The number of nitrogens with two attached hydrogens (primary N) is 1. The molecule has 1 aromatic rings. The minimum atomic E-state index is -1.52. The Labute approximate surface area is 71.6 Å². The van der Waals surface area contributed by atoms with Crippen molar-refractivity contribution in [1.29, 1.82) is 0 Å². The molecule has 0 aliphatic heterocycles. The van der Waals surface area contributed by atoms with Gasteiger partial charge in [0.15, 0.2) is 5.67 Å². The molecule has 2 nitrogen and oxygen atoms in total. The van der Waals surface area contributed by atoms with Crippen LogP contribution < -0.4 is 5.73 Å². The number of hydrogen-bond acceptors (Lipinski definition) is 2. The van der Waals surface area contributed by atoms with Crippen molar-refractivity contribution in [3.05, 3.63) is 24.2 Å². The molecule has 0 saturated heterocycles. The zero-order valence-electron chi connectivity index (χ0n) is 7.38. The highest BCUT2D eigenvalue weighted by atomic mass is 19.1. The maximum absolute atomic E-state index is 14.0. The lowest BCUT2D eigenvalue weighted by molar-refractivity contribution is 0.0805. The Morgan fingerprint density at radius 2 is 2.33 bits per heavy atom. The van der Waals surface area contributed by atoms with E-state index in [9.17, 15) is 4.39 Å². The molecular weight excluding hydrogens is 157 g/mol. The van der Waals surface area contributed by atoms with Crippen LogP contribution in [0.1, 0.15) is 19.6 Å². The molecule has 3 heteroatoms. The van der Waals surface area contributed by atoms with Crippen LogP contribution in [0.15, 0.2) is 22.8 Å². The van der Waals surface area contributed by atoms with Crippen molar-refractivity contribution >= 4 is 0 Å². The number of rotatable bonds is 3. The molecule has 12 heavy (non-hydrogen) atoms. The van der Waals surface area contributed by atoms with Gasteiger partial charge in [-0.05, 0) is 18.1 Å². The van der Waals surface area contributed by atoms with Gasteiger partial charge >= 0.3 is 0 Å². The zero-order chi connectivity index (χ0) is 9.19. The summed E-state index contributed by atoms with van der Waals surface area (Å²) in [7, 11) is 0. The van der Waals surface area contributed by atoms with E-state index in [1.807, 2.05) is 0 Å². The molecule has 0 bridgehead atoms. The van der Waals surface area contributed by atoms with E-state index >= 15 is 0 Å². The summed E-state index contributed by atoms with van der Waals surface area (Å²) >= 11 is 0. The van der Waals surface area contributed by atoms with Crippen LogP contribution in [0.25, 0.3) is 0 Å². The van der Waals surface area contributed by atoms with Crippen LogP contribution >= 0.6 is 0 Å². The van der Waals surface area contributed by atoms with Gasteiger partial charge in [-0.3, -0.25) is 0 Å². The topological polar surface area (TPSA) is 39.2 Å². The molecule has 0 radical (unpaired) electrons. The molecule has 0 amide bonds. The molecule has 0 fully saturated rings. The van der Waals surface area contributed by atoms with Crippen molar-refractivity contribution in [2.75, 3.05) is 6.54 Å². The fourth-order valence-electron chi connectivity index (χ4n) is 1.14. The lowest BCUT2D eigenvalue weighted by atomic mass is 9.90. The summed E-state index contributed by atoms with van der Waals surface area (Å²) in [6, 6.07) is 3.29. The Kier molecular flexibility index (Phi) is 2.52. The van der Waals surface area contributed by atoms with E-state index < -0.39 is 5.67 Å². The van der Waals surface area contributed by atoms with Gasteiger partial charge in [0.05, 0.1) is 6.26 Å². The van der Waals surface area contributed by atoms with Gasteiger partial charge in [-0.1, -0.05) is 13.8 Å². The van der Waals surface area contributed by atoms with Crippen molar-refractivity contribution in [2.45, 2.75) is 19.5 Å². The SMILES string of the molecule is CC(C)C(F)(CN)c1ccco1. The first-order valence-electron chi connectivity index (χ1n) is 4.04. The number of furan rings is 1. The maximum atomic E-state index is 14.0. The Morgan fingerprint density at radius 1 is 1.67 bits per heavy atom. The quantitative estimate of drug-likeness (QED) is 0.756. The lowest BCUT2D eigenvalue weighted by Gasteiger charge is -2.25. The van der Waals surface area contributed by atoms with Gasteiger partial charge < -0.3 is 10.2 Å². The van der Waals surface area contributed by atoms with E-state index in [2.05, 4.69) is 0 Å². The average molecular weight is 171 g/mol. The summed E-state index contributed by atoms with van der Waals surface area (Å²) in [5, 5.41) is 0. The van der Waals surface area contributed by atoms with Crippen molar-refractivity contribution < 1.29 is 8.81 Å². The Bertz CT molecular complexity index is 233. The Morgan fingerprint density at radius 3 is 2.67 bits per heavy atom. The van der Waals surface area contributed by atoms with E-state index in [4.69, 9.17) is 10.2 Å². The average Bonchev–Trinajstić information content (AvgIpc) is 2.54. The van der Waals surface area contributed by atoms with Crippen LogP contribution in [-0.4, -0.2) is 6.54 Å². The molecule has 1 rings (SSSR count). The first kappa shape index (κ1) is 9.26. The molecular formula is C9H14FNO. The minimum Gasteiger partial charge on any atom is -0.466 e. The predicted molar refractivity (Wildman–Crippen MR) is 45.4 cm³/mol. The summed E-state index contributed by atoms with van der Waals surface area (Å²) in [5.41, 5.74) is 3.84. The van der Waals surface area contributed by atoms with Crippen molar-refractivity contribution in [3.63, 3.8) is 0 Å². The molecule has 0 aliphatic carbocycles. The molecule has 0 aromatic carbocycles. The maximum Gasteiger partial charge on any atom is 0.182 e. The number of hydrogen-bond donors (Lipinski definition) is 1. The largest absolute Gasteiger partial charge is 0.466 e. The standard InChI is InChI=1S/C9H14FNO/c1-7(2)9(10,6-11)8-4-3-5-12-8/h3-5,7H,6,11H2,1-2H3. The van der Waals surface area contributed by atoms with Gasteiger partial charge in [-0.2, -0.15) is 0 Å². The highest BCUT2D eigenvalue weighted by molar-refractivity contribution is 5.11. The van der Waals surface area contributed by atoms with E-state index in [-0.39, 0.29) is 12.5 Å². The lowest BCUT2D eigenvalue weighted by Crippen LogP contribution is -2.35. The van der Waals surface area contributed by atoms with Crippen molar-refractivity contribution in [3.8, 4) is 0 Å². The molecule has 0 spiro atoms. The molecule has 1 atom stereocenters. The second-order valence-electron chi connectivity index (χ2n) is 3.20. The second kappa shape index (κ2) is 3.27. The summed E-state index contributed by atoms with van der Waals surface area (Å²) in [5.74, 6) is 0.147.